The number of fused-ring (bicyclic) bond motifs is 1. The molecule has 6 heteroatoms. The van der Waals surface area contributed by atoms with Crippen molar-refractivity contribution in [3.63, 3.8) is 0 Å². The van der Waals surface area contributed by atoms with E-state index in [0.29, 0.717) is 5.82 Å². The van der Waals surface area contributed by atoms with Gasteiger partial charge in [-0.2, -0.15) is 14.9 Å². The first kappa shape index (κ1) is 6.44. The van der Waals surface area contributed by atoms with Crippen molar-refractivity contribution in [1.29, 1.82) is 0 Å². The van der Waals surface area contributed by atoms with E-state index in [1.165, 1.54) is 6.20 Å². The largest absolute Gasteiger partial charge is 0.346 e. The van der Waals surface area contributed by atoms with Gasteiger partial charge in [0, 0.05) is 6.07 Å². The molecular weight excluding hydrogens is 148 g/mol. The van der Waals surface area contributed by atoms with Crippen molar-refractivity contribution in [2.24, 2.45) is 10.2 Å². The summed E-state index contributed by atoms with van der Waals surface area (Å²) in [5.41, 5.74) is 0. The second-order valence-electron chi connectivity index (χ2n) is 2.28. The Labute approximate surface area is 61.8 Å². The van der Waals surface area contributed by atoms with E-state index in [2.05, 4.69) is 15.3 Å². The van der Waals surface area contributed by atoms with Gasteiger partial charge in [-0.3, -0.25) is 0 Å². The second kappa shape index (κ2) is 1.86. The molecule has 11 heavy (non-hydrogen) atoms. The van der Waals surface area contributed by atoms with Crippen LogP contribution in [0.3, 0.4) is 0 Å². The molecule has 2 heterocycles. The lowest BCUT2D eigenvalue weighted by atomic mass is 10.4. The first-order chi connectivity index (χ1) is 5.20. The van der Waals surface area contributed by atoms with Crippen LogP contribution in [0.4, 0.5) is 5.82 Å². The van der Waals surface area contributed by atoms with Crippen LogP contribution in [0.15, 0.2) is 22.5 Å². The van der Waals surface area contributed by atoms with E-state index in [4.69, 9.17) is 0 Å². The maximum absolute atomic E-state index is 9.22. The Morgan fingerprint density at radius 1 is 1.55 bits per heavy atom. The van der Waals surface area contributed by atoms with Crippen LogP contribution in [0, 0.1) is 0 Å². The van der Waals surface area contributed by atoms with Crippen molar-refractivity contribution in [2.75, 3.05) is 6.54 Å². The van der Waals surface area contributed by atoms with Gasteiger partial charge in [-0.15, -0.1) is 5.11 Å². The molecule has 0 unspecified atom stereocenters. The quantitative estimate of drug-likeness (QED) is 0.497. The Bertz CT molecular complexity index is 303. The summed E-state index contributed by atoms with van der Waals surface area (Å²) in [6, 6.07) is 1.55. The lowest BCUT2D eigenvalue weighted by molar-refractivity contribution is -0.228. The summed E-state index contributed by atoms with van der Waals surface area (Å²) < 4.78 is 1.01. The fourth-order valence-electron chi connectivity index (χ4n) is 0.918. The SMILES string of the molecule is OC1(O)CN=Nc2ccnn21. The van der Waals surface area contributed by atoms with Crippen LogP contribution in [0.1, 0.15) is 0 Å². The number of aromatic nitrogens is 2. The van der Waals surface area contributed by atoms with E-state index >= 15 is 0 Å². The third-order valence-corrected chi connectivity index (χ3v) is 1.42. The predicted octanol–water partition coefficient (Wildman–Crippen LogP) is -0.425. The van der Waals surface area contributed by atoms with E-state index in [0.717, 1.165) is 4.68 Å². The zero-order chi connectivity index (χ0) is 7.90. The molecule has 0 aliphatic carbocycles. The third-order valence-electron chi connectivity index (χ3n) is 1.42. The predicted molar refractivity (Wildman–Crippen MR) is 34.0 cm³/mol. The van der Waals surface area contributed by atoms with E-state index < -0.39 is 5.91 Å². The molecule has 0 amide bonds. The van der Waals surface area contributed by atoms with Gasteiger partial charge in [-0.25, -0.2) is 0 Å². The zero-order valence-corrected chi connectivity index (χ0v) is 5.55. The molecule has 0 fully saturated rings. The van der Waals surface area contributed by atoms with Crippen molar-refractivity contribution >= 4 is 5.82 Å². The van der Waals surface area contributed by atoms with Gasteiger partial charge in [-0.1, -0.05) is 0 Å². The summed E-state index contributed by atoms with van der Waals surface area (Å²) in [6.07, 6.45) is 1.43. The minimum atomic E-state index is -2.01. The summed E-state index contributed by atoms with van der Waals surface area (Å²) in [5.74, 6) is -1.66. The highest BCUT2D eigenvalue weighted by Crippen LogP contribution is 2.23. The van der Waals surface area contributed by atoms with Crippen LogP contribution in [0.2, 0.25) is 0 Å². The van der Waals surface area contributed by atoms with Crippen LogP contribution in [0.25, 0.3) is 0 Å². The zero-order valence-electron chi connectivity index (χ0n) is 5.55. The second-order valence-corrected chi connectivity index (χ2v) is 2.28. The van der Waals surface area contributed by atoms with Crippen LogP contribution in [-0.2, 0) is 5.91 Å². The molecule has 1 aromatic heterocycles. The van der Waals surface area contributed by atoms with Crippen LogP contribution < -0.4 is 0 Å². The highest BCUT2D eigenvalue weighted by molar-refractivity contribution is 5.26. The minimum absolute atomic E-state index is 0.179. The van der Waals surface area contributed by atoms with Gasteiger partial charge >= 0.3 is 0 Å². The summed E-state index contributed by atoms with van der Waals surface area (Å²) in [5, 5.41) is 29.3. The summed E-state index contributed by atoms with van der Waals surface area (Å²) >= 11 is 0. The molecule has 0 saturated carbocycles. The maximum atomic E-state index is 9.22. The van der Waals surface area contributed by atoms with Crippen molar-refractivity contribution in [3.8, 4) is 0 Å². The van der Waals surface area contributed by atoms with Crippen LogP contribution >= 0.6 is 0 Å². The molecule has 0 bridgehead atoms. The van der Waals surface area contributed by atoms with E-state index in [9.17, 15) is 10.2 Å². The van der Waals surface area contributed by atoms with E-state index in [-0.39, 0.29) is 6.54 Å². The molecule has 0 saturated heterocycles. The summed E-state index contributed by atoms with van der Waals surface area (Å²) in [4.78, 5) is 0. The molecule has 1 aliphatic heterocycles. The minimum Gasteiger partial charge on any atom is -0.346 e. The number of hydrogen-bond donors (Lipinski definition) is 2. The molecule has 0 aromatic carbocycles. The molecule has 0 radical (unpaired) electrons. The Kier molecular flexibility index (Phi) is 1.09. The van der Waals surface area contributed by atoms with Crippen LogP contribution in [-0.4, -0.2) is 26.5 Å². The Morgan fingerprint density at radius 2 is 2.36 bits per heavy atom. The van der Waals surface area contributed by atoms with E-state index in [1.807, 2.05) is 0 Å². The fraction of sp³-hybridized carbons (Fsp3) is 0.400. The molecule has 1 aliphatic rings. The van der Waals surface area contributed by atoms with Crippen molar-refractivity contribution in [1.82, 2.24) is 9.78 Å². The standard InChI is InChI=1S/C5H6N4O2/c10-5(11)3-6-8-4-1-2-7-9(4)5/h1-2,10-11H,3H2. The first-order valence-electron chi connectivity index (χ1n) is 3.07. The highest BCUT2D eigenvalue weighted by Gasteiger charge is 2.31. The highest BCUT2D eigenvalue weighted by atomic mass is 16.5. The Hall–Kier alpha value is -1.27. The number of nitrogens with zero attached hydrogens (tertiary/aromatic N) is 4. The maximum Gasteiger partial charge on any atom is 0.290 e. The number of azo groups is 1. The number of hydrogen-bond acceptors (Lipinski definition) is 5. The van der Waals surface area contributed by atoms with Gasteiger partial charge in [0.05, 0.1) is 6.20 Å². The monoisotopic (exact) mass is 154 g/mol. The number of rotatable bonds is 0. The third kappa shape index (κ3) is 0.837. The van der Waals surface area contributed by atoms with Gasteiger partial charge in [-0.05, 0) is 0 Å². The van der Waals surface area contributed by atoms with Gasteiger partial charge in [0.25, 0.3) is 5.91 Å². The van der Waals surface area contributed by atoms with Crippen molar-refractivity contribution in [2.45, 2.75) is 5.91 Å². The van der Waals surface area contributed by atoms with Crippen molar-refractivity contribution in [3.05, 3.63) is 12.3 Å². The molecule has 0 atom stereocenters. The Morgan fingerprint density at radius 3 is 3.09 bits per heavy atom. The van der Waals surface area contributed by atoms with E-state index in [1.54, 1.807) is 6.07 Å². The molecule has 0 spiro atoms. The fourth-order valence-corrected chi connectivity index (χ4v) is 0.918. The molecule has 1 aromatic rings. The lowest BCUT2D eigenvalue weighted by Gasteiger charge is -2.22. The topological polar surface area (TPSA) is 83.0 Å². The first-order valence-corrected chi connectivity index (χ1v) is 3.07. The molecular formula is C5H6N4O2. The van der Waals surface area contributed by atoms with Crippen LogP contribution in [0.5, 0.6) is 0 Å². The summed E-state index contributed by atoms with van der Waals surface area (Å²) in [7, 11) is 0. The molecule has 2 rings (SSSR count). The summed E-state index contributed by atoms with van der Waals surface area (Å²) in [6.45, 7) is -0.179. The molecule has 6 nitrogen and oxygen atoms in total. The lowest BCUT2D eigenvalue weighted by Crippen LogP contribution is -2.38. The van der Waals surface area contributed by atoms with Gasteiger partial charge < -0.3 is 10.2 Å². The van der Waals surface area contributed by atoms with Crippen molar-refractivity contribution < 1.29 is 10.2 Å². The Balaban J connectivity index is 2.58. The van der Waals surface area contributed by atoms with Gasteiger partial charge in [0.1, 0.15) is 6.54 Å². The number of aliphatic hydroxyl groups is 2. The molecule has 2 N–H and O–H groups in total. The molecule has 58 valence electrons. The normalized spacial score (nSPS) is 19.8. The van der Waals surface area contributed by atoms with Gasteiger partial charge in [0.2, 0.25) is 0 Å². The smallest absolute Gasteiger partial charge is 0.290 e. The average Bonchev–Trinajstić information content (AvgIpc) is 2.34. The average molecular weight is 154 g/mol. The van der Waals surface area contributed by atoms with Gasteiger partial charge in [0.15, 0.2) is 5.82 Å².